The summed E-state index contributed by atoms with van der Waals surface area (Å²) in [5, 5.41) is 22.3. The molecule has 23 heavy (non-hydrogen) atoms. The fourth-order valence-corrected chi connectivity index (χ4v) is 2.09. The lowest BCUT2D eigenvalue weighted by molar-refractivity contribution is -0.384. The van der Waals surface area contributed by atoms with E-state index in [2.05, 4.69) is 5.32 Å². The van der Waals surface area contributed by atoms with Crippen LogP contribution in [0.2, 0.25) is 0 Å². The highest BCUT2D eigenvalue weighted by Gasteiger charge is 2.19. The largest absolute Gasteiger partial charge is 0.481 e. The summed E-state index contributed by atoms with van der Waals surface area (Å²) in [7, 11) is 0. The van der Waals surface area contributed by atoms with Gasteiger partial charge in [-0.05, 0) is 17.7 Å². The molecule has 0 fully saturated rings. The number of nitro groups is 1. The van der Waals surface area contributed by atoms with E-state index in [1.165, 1.54) is 24.3 Å². The van der Waals surface area contributed by atoms with E-state index in [4.69, 9.17) is 5.11 Å². The number of nitrogens with one attached hydrogen (secondary N) is 1. The highest BCUT2D eigenvalue weighted by Crippen LogP contribution is 2.21. The topological polar surface area (TPSA) is 110 Å². The molecule has 0 aliphatic rings. The third kappa shape index (κ3) is 4.37. The number of rotatable bonds is 6. The second-order valence-electron chi connectivity index (χ2n) is 4.84. The highest BCUT2D eigenvalue weighted by atomic mass is 16.6. The van der Waals surface area contributed by atoms with Crippen LogP contribution >= 0.6 is 0 Å². The Labute approximate surface area is 131 Å². The molecule has 0 bridgehead atoms. The van der Waals surface area contributed by atoms with Gasteiger partial charge in [-0.15, -0.1) is 0 Å². The predicted octanol–water partition coefficient (Wildman–Crippen LogP) is 2.54. The van der Waals surface area contributed by atoms with E-state index < -0.39 is 22.8 Å². The monoisotopic (exact) mass is 314 g/mol. The van der Waals surface area contributed by atoms with Crippen LogP contribution in [0.5, 0.6) is 0 Å². The smallest absolute Gasteiger partial charge is 0.305 e. The van der Waals surface area contributed by atoms with Crippen LogP contribution in [0.1, 0.15) is 28.4 Å². The summed E-state index contributed by atoms with van der Waals surface area (Å²) >= 11 is 0. The number of carbonyl (C=O) groups is 2. The number of amides is 1. The van der Waals surface area contributed by atoms with E-state index in [9.17, 15) is 19.7 Å². The fraction of sp³-hybridized carbons (Fsp3) is 0.125. The average molecular weight is 314 g/mol. The first-order valence-corrected chi connectivity index (χ1v) is 6.79. The zero-order valence-corrected chi connectivity index (χ0v) is 12.0. The van der Waals surface area contributed by atoms with E-state index >= 15 is 0 Å². The van der Waals surface area contributed by atoms with E-state index in [1.807, 2.05) is 0 Å². The molecule has 0 aliphatic carbocycles. The molecule has 1 atom stereocenters. The van der Waals surface area contributed by atoms with Gasteiger partial charge in [0.05, 0.1) is 17.4 Å². The molecule has 118 valence electrons. The normalized spacial score (nSPS) is 11.5. The SMILES string of the molecule is O=C(O)C[C@H](NC(=O)c1ccccc1)c1ccc([N+](=O)[O-])cc1. The molecule has 2 aromatic carbocycles. The molecule has 0 saturated heterocycles. The van der Waals surface area contributed by atoms with Crippen molar-refractivity contribution in [2.24, 2.45) is 0 Å². The number of carboxylic acids is 1. The fourth-order valence-electron chi connectivity index (χ4n) is 2.09. The summed E-state index contributed by atoms with van der Waals surface area (Å²) in [6.45, 7) is 0. The first-order chi connectivity index (χ1) is 11.0. The minimum Gasteiger partial charge on any atom is -0.481 e. The van der Waals surface area contributed by atoms with Crippen molar-refractivity contribution in [3.63, 3.8) is 0 Å². The van der Waals surface area contributed by atoms with Gasteiger partial charge in [0.25, 0.3) is 11.6 Å². The average Bonchev–Trinajstić information content (AvgIpc) is 2.54. The predicted molar refractivity (Wildman–Crippen MR) is 82.0 cm³/mol. The molecule has 7 nitrogen and oxygen atoms in total. The highest BCUT2D eigenvalue weighted by molar-refractivity contribution is 5.94. The Morgan fingerprint density at radius 1 is 1.09 bits per heavy atom. The van der Waals surface area contributed by atoms with Gasteiger partial charge in [0.2, 0.25) is 0 Å². The summed E-state index contributed by atoms with van der Waals surface area (Å²) in [5.74, 6) is -1.49. The Hall–Kier alpha value is -3.22. The van der Waals surface area contributed by atoms with Gasteiger partial charge < -0.3 is 10.4 Å². The van der Waals surface area contributed by atoms with Gasteiger partial charge in [0, 0.05) is 17.7 Å². The Kier molecular flexibility index (Phi) is 5.03. The molecular formula is C16H14N2O5. The van der Waals surface area contributed by atoms with Gasteiger partial charge in [-0.1, -0.05) is 30.3 Å². The van der Waals surface area contributed by atoms with E-state index in [1.54, 1.807) is 30.3 Å². The van der Waals surface area contributed by atoms with Crippen LogP contribution in [0.4, 0.5) is 5.69 Å². The van der Waals surface area contributed by atoms with E-state index in [-0.39, 0.29) is 12.1 Å². The zero-order valence-electron chi connectivity index (χ0n) is 12.0. The Morgan fingerprint density at radius 3 is 2.22 bits per heavy atom. The molecule has 7 heteroatoms. The molecule has 2 aromatic rings. The van der Waals surface area contributed by atoms with Crippen molar-refractivity contribution in [3.8, 4) is 0 Å². The van der Waals surface area contributed by atoms with Crippen LogP contribution < -0.4 is 5.32 Å². The molecule has 0 aliphatic heterocycles. The van der Waals surface area contributed by atoms with Crippen LogP contribution in [-0.4, -0.2) is 21.9 Å². The Bertz CT molecular complexity index is 713. The molecule has 1 amide bonds. The number of non-ortho nitro benzene ring substituents is 1. The Morgan fingerprint density at radius 2 is 1.70 bits per heavy atom. The second kappa shape index (κ2) is 7.17. The number of carboxylic acid groups (broad SMARTS) is 1. The number of hydrogen-bond donors (Lipinski definition) is 2. The lowest BCUT2D eigenvalue weighted by Crippen LogP contribution is -2.30. The molecule has 0 unspecified atom stereocenters. The van der Waals surface area contributed by atoms with Crippen molar-refractivity contribution in [3.05, 3.63) is 75.8 Å². The number of nitro benzene ring substituents is 1. The number of aliphatic carboxylic acids is 1. The molecule has 0 radical (unpaired) electrons. The summed E-state index contributed by atoms with van der Waals surface area (Å²) in [5.41, 5.74) is 0.796. The maximum absolute atomic E-state index is 12.2. The van der Waals surface area contributed by atoms with Crippen molar-refractivity contribution in [2.75, 3.05) is 0 Å². The van der Waals surface area contributed by atoms with Crippen molar-refractivity contribution < 1.29 is 19.6 Å². The minimum absolute atomic E-state index is 0.0998. The summed E-state index contributed by atoms with van der Waals surface area (Å²) in [6, 6.07) is 13.1. The molecule has 2 N–H and O–H groups in total. The molecule has 2 rings (SSSR count). The zero-order chi connectivity index (χ0) is 16.8. The van der Waals surface area contributed by atoms with Crippen molar-refractivity contribution in [1.82, 2.24) is 5.32 Å². The van der Waals surface area contributed by atoms with Crippen LogP contribution in [0, 0.1) is 10.1 Å². The number of benzene rings is 2. The van der Waals surface area contributed by atoms with Gasteiger partial charge in [-0.25, -0.2) is 0 Å². The standard InChI is InChI=1S/C16H14N2O5/c19-15(20)10-14(11-6-8-13(9-7-11)18(22)23)17-16(21)12-4-2-1-3-5-12/h1-9,14H,10H2,(H,17,21)(H,19,20)/t14-/m0/s1. The summed E-state index contributed by atoms with van der Waals surface area (Å²) in [6.07, 6.45) is -0.323. The quantitative estimate of drug-likeness (QED) is 0.629. The lowest BCUT2D eigenvalue weighted by Gasteiger charge is -2.17. The maximum atomic E-state index is 12.2. The van der Waals surface area contributed by atoms with Gasteiger partial charge >= 0.3 is 5.97 Å². The van der Waals surface area contributed by atoms with Gasteiger partial charge in [-0.2, -0.15) is 0 Å². The summed E-state index contributed by atoms with van der Waals surface area (Å²) < 4.78 is 0. The van der Waals surface area contributed by atoms with Crippen LogP contribution in [0.3, 0.4) is 0 Å². The van der Waals surface area contributed by atoms with Gasteiger partial charge in [-0.3, -0.25) is 19.7 Å². The molecule has 0 saturated carbocycles. The van der Waals surface area contributed by atoms with Crippen molar-refractivity contribution in [2.45, 2.75) is 12.5 Å². The van der Waals surface area contributed by atoms with Crippen LogP contribution in [0.25, 0.3) is 0 Å². The molecule has 0 aromatic heterocycles. The third-order valence-corrected chi connectivity index (χ3v) is 3.23. The van der Waals surface area contributed by atoms with Crippen LogP contribution in [0.15, 0.2) is 54.6 Å². The molecule has 0 heterocycles. The van der Waals surface area contributed by atoms with Crippen molar-refractivity contribution in [1.29, 1.82) is 0 Å². The van der Waals surface area contributed by atoms with Gasteiger partial charge in [0.1, 0.15) is 0 Å². The maximum Gasteiger partial charge on any atom is 0.305 e. The van der Waals surface area contributed by atoms with Crippen LogP contribution in [-0.2, 0) is 4.79 Å². The van der Waals surface area contributed by atoms with Crippen molar-refractivity contribution >= 4 is 17.6 Å². The lowest BCUT2D eigenvalue weighted by atomic mass is 10.0. The Balaban J connectivity index is 2.21. The first kappa shape index (κ1) is 16.2. The van der Waals surface area contributed by atoms with E-state index in [0.29, 0.717) is 11.1 Å². The number of carbonyl (C=O) groups excluding carboxylic acids is 1. The van der Waals surface area contributed by atoms with E-state index in [0.717, 1.165) is 0 Å². The summed E-state index contributed by atoms with van der Waals surface area (Å²) in [4.78, 5) is 33.3. The minimum atomic E-state index is -1.08. The number of nitrogens with zero attached hydrogens (tertiary/aromatic N) is 1. The number of hydrogen-bond acceptors (Lipinski definition) is 4. The third-order valence-electron chi connectivity index (χ3n) is 3.23. The first-order valence-electron chi connectivity index (χ1n) is 6.79. The molecular weight excluding hydrogens is 300 g/mol. The molecule has 0 spiro atoms. The van der Waals surface area contributed by atoms with Gasteiger partial charge in [0.15, 0.2) is 0 Å². The second-order valence-corrected chi connectivity index (χ2v) is 4.84.